The average molecular weight is 258 g/mol. The fraction of sp³-hybridized carbons (Fsp3) is 0.455. The monoisotopic (exact) mass is 257 g/mol. The number of rotatable bonds is 1. The van der Waals surface area contributed by atoms with Crippen LogP contribution in [-0.2, 0) is 0 Å². The summed E-state index contributed by atoms with van der Waals surface area (Å²) in [6.07, 6.45) is 0. The van der Waals surface area contributed by atoms with Crippen LogP contribution in [0, 0.1) is 0 Å². The number of nitrogens with zero attached hydrogens (tertiary/aromatic N) is 1. The second-order valence-corrected chi connectivity index (χ2v) is 4.83. The molecule has 1 fully saturated rings. The van der Waals surface area contributed by atoms with Gasteiger partial charge in [0.25, 0.3) is 0 Å². The third-order valence-corrected chi connectivity index (χ3v) is 4.10. The molecule has 1 atom stereocenters. The molecule has 0 radical (unpaired) electrons. The Kier molecular flexibility index (Phi) is 3.97. The molecular formula is C11H16ClN3S. The van der Waals surface area contributed by atoms with E-state index in [0.29, 0.717) is 5.37 Å². The van der Waals surface area contributed by atoms with Gasteiger partial charge in [-0.15, -0.1) is 12.4 Å². The number of piperazine rings is 1. The Morgan fingerprint density at radius 2 is 1.94 bits per heavy atom. The van der Waals surface area contributed by atoms with Crippen molar-refractivity contribution in [3.8, 4) is 0 Å². The van der Waals surface area contributed by atoms with Gasteiger partial charge in [0.15, 0.2) is 0 Å². The predicted octanol–water partition coefficient (Wildman–Crippen LogP) is 2.09. The van der Waals surface area contributed by atoms with Gasteiger partial charge in [-0.2, -0.15) is 0 Å². The maximum absolute atomic E-state index is 3.40. The zero-order valence-corrected chi connectivity index (χ0v) is 10.6. The minimum Gasteiger partial charge on any atom is -0.328 e. The molecule has 0 aromatic heterocycles. The third kappa shape index (κ3) is 2.15. The summed E-state index contributed by atoms with van der Waals surface area (Å²) < 4.78 is 3.40. The van der Waals surface area contributed by atoms with Crippen LogP contribution >= 0.6 is 24.4 Å². The molecule has 0 bridgehead atoms. The molecule has 0 spiro atoms. The number of halogens is 1. The maximum Gasteiger partial charge on any atom is 0.103 e. The van der Waals surface area contributed by atoms with E-state index in [2.05, 4.69) is 39.2 Å². The first kappa shape index (κ1) is 12.0. The highest BCUT2D eigenvalue weighted by Gasteiger charge is 2.29. The van der Waals surface area contributed by atoms with Crippen LogP contribution in [0.25, 0.3) is 0 Å². The van der Waals surface area contributed by atoms with Crippen LogP contribution in [0.1, 0.15) is 10.9 Å². The summed E-state index contributed by atoms with van der Waals surface area (Å²) in [5.74, 6) is 0. The van der Waals surface area contributed by atoms with Crippen LogP contribution in [0.2, 0.25) is 0 Å². The summed E-state index contributed by atoms with van der Waals surface area (Å²) in [5, 5.41) is 3.89. The van der Waals surface area contributed by atoms with Crippen LogP contribution in [0.5, 0.6) is 0 Å². The Labute approximate surface area is 107 Å². The number of anilines is 1. The molecule has 0 aliphatic carbocycles. The SMILES string of the molecule is Cl.c1ccc2c(c1)NSC2N1CCNCC1. The van der Waals surface area contributed by atoms with E-state index in [0.717, 1.165) is 26.2 Å². The quantitative estimate of drug-likeness (QED) is 0.754. The zero-order valence-electron chi connectivity index (χ0n) is 8.98. The maximum atomic E-state index is 3.40. The van der Waals surface area contributed by atoms with Gasteiger partial charge in [0.05, 0.1) is 0 Å². The van der Waals surface area contributed by atoms with Gasteiger partial charge >= 0.3 is 0 Å². The first-order valence-corrected chi connectivity index (χ1v) is 6.28. The van der Waals surface area contributed by atoms with Crippen molar-refractivity contribution >= 4 is 30.0 Å². The first-order valence-electron chi connectivity index (χ1n) is 5.40. The molecule has 1 aromatic carbocycles. The van der Waals surface area contributed by atoms with Crippen molar-refractivity contribution in [2.75, 3.05) is 30.9 Å². The lowest BCUT2D eigenvalue weighted by atomic mass is 10.1. The predicted molar refractivity (Wildman–Crippen MR) is 72.1 cm³/mol. The summed E-state index contributed by atoms with van der Waals surface area (Å²) in [6, 6.07) is 8.60. The second kappa shape index (κ2) is 5.27. The lowest BCUT2D eigenvalue weighted by Gasteiger charge is -2.31. The summed E-state index contributed by atoms with van der Waals surface area (Å²) in [6.45, 7) is 4.51. The number of nitrogens with one attached hydrogen (secondary N) is 2. The number of benzene rings is 1. The molecule has 2 aliphatic heterocycles. The highest BCUT2D eigenvalue weighted by molar-refractivity contribution is 8.01. The Morgan fingerprint density at radius 1 is 1.19 bits per heavy atom. The summed E-state index contributed by atoms with van der Waals surface area (Å²) in [4.78, 5) is 2.54. The molecule has 2 heterocycles. The minimum atomic E-state index is 0. The van der Waals surface area contributed by atoms with E-state index in [1.165, 1.54) is 11.3 Å². The van der Waals surface area contributed by atoms with Gasteiger partial charge < -0.3 is 10.0 Å². The standard InChI is InChI=1S/C11H15N3S.ClH/c1-2-4-10-9(3-1)11(15-13-10)14-7-5-12-6-8-14;/h1-4,11-13H,5-8H2;1H. The summed E-state index contributed by atoms with van der Waals surface area (Å²) >= 11 is 1.83. The van der Waals surface area contributed by atoms with E-state index < -0.39 is 0 Å². The molecule has 1 aromatic rings. The van der Waals surface area contributed by atoms with E-state index in [4.69, 9.17) is 0 Å². The summed E-state index contributed by atoms with van der Waals surface area (Å²) in [5.41, 5.74) is 2.72. The van der Waals surface area contributed by atoms with Crippen LogP contribution in [0.3, 0.4) is 0 Å². The summed E-state index contributed by atoms with van der Waals surface area (Å²) in [7, 11) is 0. The van der Waals surface area contributed by atoms with Crippen molar-refractivity contribution in [3.05, 3.63) is 29.8 Å². The Balaban J connectivity index is 0.000000963. The fourth-order valence-electron chi connectivity index (χ4n) is 2.18. The number of hydrogen-bond acceptors (Lipinski definition) is 4. The van der Waals surface area contributed by atoms with Gasteiger partial charge in [-0.1, -0.05) is 18.2 Å². The van der Waals surface area contributed by atoms with Crippen molar-refractivity contribution in [1.29, 1.82) is 0 Å². The van der Waals surface area contributed by atoms with Gasteiger partial charge in [0.2, 0.25) is 0 Å². The van der Waals surface area contributed by atoms with E-state index >= 15 is 0 Å². The largest absolute Gasteiger partial charge is 0.328 e. The number of hydrogen-bond donors (Lipinski definition) is 2. The molecule has 3 nitrogen and oxygen atoms in total. The van der Waals surface area contributed by atoms with Crippen LogP contribution in [0.15, 0.2) is 24.3 Å². The van der Waals surface area contributed by atoms with Crippen LogP contribution < -0.4 is 10.0 Å². The fourth-order valence-corrected chi connectivity index (χ4v) is 3.29. The van der Waals surface area contributed by atoms with Crippen molar-refractivity contribution in [3.63, 3.8) is 0 Å². The molecule has 16 heavy (non-hydrogen) atoms. The van der Waals surface area contributed by atoms with Gasteiger partial charge in [-0.3, -0.25) is 4.90 Å². The average Bonchev–Trinajstić information content (AvgIpc) is 2.74. The van der Waals surface area contributed by atoms with Crippen LogP contribution in [-0.4, -0.2) is 31.1 Å². The van der Waals surface area contributed by atoms with Gasteiger partial charge in [0, 0.05) is 37.4 Å². The topological polar surface area (TPSA) is 27.3 Å². The molecule has 0 saturated carbocycles. The highest BCUT2D eigenvalue weighted by Crippen LogP contribution is 2.43. The second-order valence-electron chi connectivity index (χ2n) is 3.95. The Hall–Kier alpha value is -0.420. The first-order chi connectivity index (χ1) is 7.45. The van der Waals surface area contributed by atoms with Crippen molar-refractivity contribution < 1.29 is 0 Å². The number of para-hydroxylation sites is 1. The smallest absolute Gasteiger partial charge is 0.103 e. The molecule has 1 unspecified atom stereocenters. The van der Waals surface area contributed by atoms with Gasteiger partial charge in [0.1, 0.15) is 5.37 Å². The Bertz CT molecular complexity index is 355. The molecular weight excluding hydrogens is 242 g/mol. The Morgan fingerprint density at radius 3 is 2.75 bits per heavy atom. The molecule has 5 heteroatoms. The lowest BCUT2D eigenvalue weighted by molar-refractivity contribution is 0.228. The molecule has 2 aliphatic rings. The minimum absolute atomic E-state index is 0. The highest BCUT2D eigenvalue weighted by atomic mass is 35.5. The van der Waals surface area contributed by atoms with Crippen molar-refractivity contribution in [2.24, 2.45) is 0 Å². The lowest BCUT2D eigenvalue weighted by Crippen LogP contribution is -2.44. The van der Waals surface area contributed by atoms with E-state index in [1.54, 1.807) is 0 Å². The molecule has 2 N–H and O–H groups in total. The van der Waals surface area contributed by atoms with Gasteiger partial charge in [-0.05, 0) is 18.0 Å². The van der Waals surface area contributed by atoms with E-state index in [-0.39, 0.29) is 12.4 Å². The van der Waals surface area contributed by atoms with E-state index in [9.17, 15) is 0 Å². The molecule has 3 rings (SSSR count). The molecule has 1 saturated heterocycles. The van der Waals surface area contributed by atoms with E-state index in [1.807, 2.05) is 11.9 Å². The van der Waals surface area contributed by atoms with Crippen molar-refractivity contribution in [2.45, 2.75) is 5.37 Å². The number of fused-ring (bicyclic) bond motifs is 1. The molecule has 88 valence electrons. The van der Waals surface area contributed by atoms with Crippen LogP contribution in [0.4, 0.5) is 5.69 Å². The van der Waals surface area contributed by atoms with Gasteiger partial charge in [-0.25, -0.2) is 0 Å². The van der Waals surface area contributed by atoms with Crippen molar-refractivity contribution in [1.82, 2.24) is 10.2 Å². The normalized spacial score (nSPS) is 24.4. The third-order valence-electron chi connectivity index (χ3n) is 2.99. The molecule has 0 amide bonds. The zero-order chi connectivity index (χ0) is 10.1.